The zero-order valence-electron chi connectivity index (χ0n) is 16.6. The van der Waals surface area contributed by atoms with Crippen LogP contribution >= 0.6 is 0 Å². The number of carbonyl (C=O) groups is 1. The van der Waals surface area contributed by atoms with Crippen molar-refractivity contribution in [3.05, 3.63) is 65.9 Å². The fourth-order valence-electron chi connectivity index (χ4n) is 2.43. The Bertz CT molecular complexity index is 840. The number of nitriles is 1. The molecule has 0 unspecified atom stereocenters. The highest BCUT2D eigenvalue weighted by Gasteiger charge is 2.08. The molecule has 0 atom stereocenters. The van der Waals surface area contributed by atoms with E-state index in [2.05, 4.69) is 10.6 Å². The maximum Gasteiger partial charge on any atom is 0.263 e. The number of nitrogens with one attached hydrogen (secondary N) is 2. The molecule has 7 nitrogen and oxygen atoms in total. The third kappa shape index (κ3) is 7.46. The van der Waals surface area contributed by atoms with Crippen LogP contribution in [0.3, 0.4) is 0 Å². The second-order valence-corrected chi connectivity index (χ2v) is 6.00. The van der Waals surface area contributed by atoms with Gasteiger partial charge in [0.25, 0.3) is 5.91 Å². The summed E-state index contributed by atoms with van der Waals surface area (Å²) in [5.74, 6) is 1.85. The summed E-state index contributed by atoms with van der Waals surface area (Å²) in [4.78, 5) is 12.1. The Morgan fingerprint density at radius 3 is 2.14 bits per heavy atom. The first kappa shape index (κ1) is 21.6. The molecule has 0 aliphatic carbocycles. The average molecular weight is 395 g/mol. The van der Waals surface area contributed by atoms with Gasteiger partial charge in [0, 0.05) is 19.3 Å². The Hall–Kier alpha value is -3.66. The van der Waals surface area contributed by atoms with E-state index in [1.807, 2.05) is 54.6 Å². The quantitative estimate of drug-likeness (QED) is 0.345. The van der Waals surface area contributed by atoms with Gasteiger partial charge in [-0.25, -0.2) is 0 Å². The topological polar surface area (TPSA) is 92.6 Å². The average Bonchev–Trinajstić information content (AvgIpc) is 2.77. The molecule has 0 aliphatic heterocycles. The number of nitrogens with zero attached hydrogens (tertiary/aromatic N) is 1. The van der Waals surface area contributed by atoms with Gasteiger partial charge in [-0.3, -0.25) is 4.79 Å². The smallest absolute Gasteiger partial charge is 0.263 e. The maximum absolute atomic E-state index is 12.1. The lowest BCUT2D eigenvalue weighted by Gasteiger charge is -2.08. The number of ether oxygens (including phenoxy) is 3. The van der Waals surface area contributed by atoms with Gasteiger partial charge in [-0.15, -0.1) is 0 Å². The predicted octanol–water partition coefficient (Wildman–Crippen LogP) is 2.44. The summed E-state index contributed by atoms with van der Waals surface area (Å²) >= 11 is 0. The molecule has 2 rings (SSSR count). The number of rotatable bonds is 11. The van der Waals surface area contributed by atoms with Crippen LogP contribution in [0.4, 0.5) is 0 Å². The predicted molar refractivity (Wildman–Crippen MR) is 110 cm³/mol. The van der Waals surface area contributed by atoms with Crippen molar-refractivity contribution in [3.8, 4) is 23.3 Å². The van der Waals surface area contributed by atoms with Crippen LogP contribution in [-0.4, -0.2) is 39.8 Å². The van der Waals surface area contributed by atoms with Crippen molar-refractivity contribution in [2.45, 2.75) is 6.42 Å². The number of benzene rings is 2. The van der Waals surface area contributed by atoms with E-state index in [9.17, 15) is 10.1 Å². The van der Waals surface area contributed by atoms with Crippen molar-refractivity contribution in [2.75, 3.05) is 33.9 Å². The molecular formula is C22H25N3O4. The molecule has 0 heterocycles. The van der Waals surface area contributed by atoms with Crippen molar-refractivity contribution in [1.82, 2.24) is 10.6 Å². The van der Waals surface area contributed by atoms with E-state index in [-0.39, 0.29) is 5.57 Å². The fourth-order valence-corrected chi connectivity index (χ4v) is 2.43. The van der Waals surface area contributed by atoms with Crippen LogP contribution in [0.1, 0.15) is 5.56 Å². The summed E-state index contributed by atoms with van der Waals surface area (Å²) in [6, 6.07) is 16.8. The summed E-state index contributed by atoms with van der Waals surface area (Å²) in [5, 5.41) is 14.8. The largest absolute Gasteiger partial charge is 0.497 e. The first-order valence-corrected chi connectivity index (χ1v) is 9.18. The molecule has 152 valence electrons. The third-order valence-corrected chi connectivity index (χ3v) is 4.04. The molecule has 0 spiro atoms. The monoisotopic (exact) mass is 395 g/mol. The lowest BCUT2D eigenvalue weighted by atomic mass is 10.1. The van der Waals surface area contributed by atoms with Crippen LogP contribution in [0.2, 0.25) is 0 Å². The highest BCUT2D eigenvalue weighted by atomic mass is 16.5. The summed E-state index contributed by atoms with van der Waals surface area (Å²) in [7, 11) is 3.22. The third-order valence-electron chi connectivity index (χ3n) is 4.04. The lowest BCUT2D eigenvalue weighted by molar-refractivity contribution is -0.117. The first-order chi connectivity index (χ1) is 14.2. The molecule has 0 bridgehead atoms. The Morgan fingerprint density at radius 2 is 1.55 bits per heavy atom. The number of amides is 1. The van der Waals surface area contributed by atoms with Gasteiger partial charge in [0.05, 0.1) is 14.2 Å². The van der Waals surface area contributed by atoms with Gasteiger partial charge in [0.15, 0.2) is 0 Å². The standard InChI is InChI=1S/C22H25N3O4/c1-27-19-5-3-17(4-6-19)11-12-25-22(26)18(15-23)16-24-13-14-29-21-9-7-20(28-2)8-10-21/h3-10,16,24H,11-14H2,1-2H3,(H,25,26)/b18-16-. The van der Waals surface area contributed by atoms with Gasteiger partial charge < -0.3 is 24.8 Å². The van der Waals surface area contributed by atoms with E-state index < -0.39 is 5.91 Å². The molecule has 7 heteroatoms. The fraction of sp³-hybridized carbons (Fsp3) is 0.273. The van der Waals surface area contributed by atoms with Crippen LogP contribution in [0.15, 0.2) is 60.3 Å². The molecule has 0 aliphatic rings. The summed E-state index contributed by atoms with van der Waals surface area (Å²) in [6.07, 6.45) is 2.07. The summed E-state index contributed by atoms with van der Waals surface area (Å²) < 4.78 is 15.8. The van der Waals surface area contributed by atoms with Gasteiger partial charge >= 0.3 is 0 Å². The van der Waals surface area contributed by atoms with E-state index in [1.54, 1.807) is 14.2 Å². The normalized spacial score (nSPS) is 10.6. The minimum atomic E-state index is -0.412. The Labute approximate surface area is 170 Å². The minimum Gasteiger partial charge on any atom is -0.497 e. The Morgan fingerprint density at radius 1 is 0.966 bits per heavy atom. The SMILES string of the molecule is COc1ccc(CCNC(=O)/C(C#N)=C\NCCOc2ccc(OC)cc2)cc1. The van der Waals surface area contributed by atoms with Gasteiger partial charge in [-0.2, -0.15) is 5.26 Å². The van der Waals surface area contributed by atoms with Crippen molar-refractivity contribution >= 4 is 5.91 Å². The number of hydrogen-bond donors (Lipinski definition) is 2. The molecule has 0 saturated heterocycles. The van der Waals surface area contributed by atoms with Crippen molar-refractivity contribution < 1.29 is 19.0 Å². The Kier molecular flexibility index (Phi) is 8.90. The van der Waals surface area contributed by atoms with Gasteiger partial charge in [-0.1, -0.05) is 12.1 Å². The maximum atomic E-state index is 12.1. The van der Waals surface area contributed by atoms with Gasteiger partial charge in [0.2, 0.25) is 0 Å². The molecule has 0 fully saturated rings. The molecule has 29 heavy (non-hydrogen) atoms. The van der Waals surface area contributed by atoms with Gasteiger partial charge in [-0.05, 0) is 48.4 Å². The van der Waals surface area contributed by atoms with Crippen molar-refractivity contribution in [1.29, 1.82) is 5.26 Å². The molecule has 0 saturated carbocycles. The molecule has 0 aromatic heterocycles. The molecule has 2 aromatic rings. The first-order valence-electron chi connectivity index (χ1n) is 9.18. The highest BCUT2D eigenvalue weighted by molar-refractivity contribution is 5.97. The number of carbonyl (C=O) groups excluding carboxylic acids is 1. The molecular weight excluding hydrogens is 370 g/mol. The second-order valence-electron chi connectivity index (χ2n) is 6.00. The zero-order chi connectivity index (χ0) is 20.9. The molecule has 2 aromatic carbocycles. The summed E-state index contributed by atoms with van der Waals surface area (Å²) in [5.41, 5.74) is 1.09. The van der Waals surface area contributed by atoms with Crippen LogP contribution < -0.4 is 24.8 Å². The zero-order valence-corrected chi connectivity index (χ0v) is 16.6. The summed E-state index contributed by atoms with van der Waals surface area (Å²) in [6.45, 7) is 1.28. The highest BCUT2D eigenvalue weighted by Crippen LogP contribution is 2.16. The molecule has 0 radical (unpaired) electrons. The van der Waals surface area contributed by atoms with E-state index >= 15 is 0 Å². The number of hydrogen-bond acceptors (Lipinski definition) is 6. The van der Waals surface area contributed by atoms with Crippen LogP contribution in [0, 0.1) is 11.3 Å². The van der Waals surface area contributed by atoms with E-state index in [0.29, 0.717) is 31.9 Å². The minimum absolute atomic E-state index is 0.0178. The van der Waals surface area contributed by atoms with Gasteiger partial charge in [0.1, 0.15) is 35.5 Å². The van der Waals surface area contributed by atoms with Crippen molar-refractivity contribution in [2.24, 2.45) is 0 Å². The van der Waals surface area contributed by atoms with E-state index in [0.717, 1.165) is 17.1 Å². The van der Waals surface area contributed by atoms with E-state index in [4.69, 9.17) is 14.2 Å². The molecule has 1 amide bonds. The number of methoxy groups -OCH3 is 2. The van der Waals surface area contributed by atoms with E-state index in [1.165, 1.54) is 6.20 Å². The lowest BCUT2D eigenvalue weighted by Crippen LogP contribution is -2.28. The van der Waals surface area contributed by atoms with Crippen LogP contribution in [0.25, 0.3) is 0 Å². The van der Waals surface area contributed by atoms with Crippen molar-refractivity contribution in [3.63, 3.8) is 0 Å². The van der Waals surface area contributed by atoms with Crippen LogP contribution in [-0.2, 0) is 11.2 Å². The second kappa shape index (κ2) is 11.9. The molecule has 2 N–H and O–H groups in total. The van der Waals surface area contributed by atoms with Crippen LogP contribution in [0.5, 0.6) is 17.2 Å². The Balaban J connectivity index is 1.69.